The highest BCUT2D eigenvalue weighted by Crippen LogP contribution is 2.38. The summed E-state index contributed by atoms with van der Waals surface area (Å²) in [5.41, 5.74) is -0.211. The Bertz CT molecular complexity index is 1250. The Morgan fingerprint density at radius 1 is 1.06 bits per heavy atom. The van der Waals surface area contributed by atoms with Gasteiger partial charge in [-0.15, -0.1) is 0 Å². The fourth-order valence-corrected chi connectivity index (χ4v) is 7.04. The zero-order chi connectivity index (χ0) is 23.9. The van der Waals surface area contributed by atoms with Gasteiger partial charge in [-0.3, -0.25) is 4.79 Å². The number of likely N-dealkylation sites (tertiary alicyclic amines) is 1. The maximum absolute atomic E-state index is 13.8. The Morgan fingerprint density at radius 2 is 1.69 bits per heavy atom. The lowest BCUT2D eigenvalue weighted by atomic mass is 9.85. The van der Waals surface area contributed by atoms with E-state index in [-0.39, 0.29) is 34.4 Å². The van der Waals surface area contributed by atoms with Crippen LogP contribution in [0.5, 0.6) is 0 Å². The van der Waals surface area contributed by atoms with Gasteiger partial charge in [0.1, 0.15) is 5.82 Å². The Labute approximate surface area is 193 Å². The van der Waals surface area contributed by atoms with Crippen LogP contribution in [0.2, 0.25) is 5.02 Å². The second-order valence-electron chi connectivity index (χ2n) is 8.54. The summed E-state index contributed by atoms with van der Waals surface area (Å²) >= 11 is 5.98. The van der Waals surface area contributed by atoms with E-state index in [1.54, 1.807) is 26.0 Å². The van der Waals surface area contributed by atoms with Crippen molar-refractivity contribution < 1.29 is 26.0 Å². The van der Waals surface area contributed by atoms with E-state index in [1.165, 1.54) is 17.0 Å². The minimum atomic E-state index is -3.73. The molecule has 1 fully saturated rings. The first kappa shape index (κ1) is 24.7. The van der Waals surface area contributed by atoms with E-state index in [0.717, 1.165) is 24.5 Å². The Balaban J connectivity index is 1.81. The SMILES string of the molecule is CC(C)(C1CCN(C(=O)c2cc(F)ccc2S(C)(=O)=O)CC1)S(=O)(=O)c1cccc(Cl)c1. The van der Waals surface area contributed by atoms with Crippen molar-refractivity contribution in [3.63, 3.8) is 0 Å². The minimum Gasteiger partial charge on any atom is -0.339 e. The van der Waals surface area contributed by atoms with E-state index < -0.39 is 36.1 Å². The van der Waals surface area contributed by atoms with E-state index in [1.807, 2.05) is 0 Å². The number of sulfone groups is 2. The van der Waals surface area contributed by atoms with Crippen LogP contribution < -0.4 is 0 Å². The molecule has 0 unspecified atom stereocenters. The van der Waals surface area contributed by atoms with Crippen LogP contribution in [0, 0.1) is 11.7 Å². The van der Waals surface area contributed by atoms with Crippen LogP contribution in [0.4, 0.5) is 4.39 Å². The molecule has 0 atom stereocenters. The number of benzene rings is 2. The first-order chi connectivity index (χ1) is 14.7. The van der Waals surface area contributed by atoms with Gasteiger partial charge in [-0.25, -0.2) is 21.2 Å². The molecule has 0 N–H and O–H groups in total. The number of carbonyl (C=O) groups excluding carboxylic acids is 1. The monoisotopic (exact) mass is 501 g/mol. The van der Waals surface area contributed by atoms with Gasteiger partial charge in [0.2, 0.25) is 0 Å². The number of hydrogen-bond donors (Lipinski definition) is 0. The van der Waals surface area contributed by atoms with Crippen molar-refractivity contribution in [3.05, 3.63) is 58.9 Å². The van der Waals surface area contributed by atoms with Gasteiger partial charge in [0.15, 0.2) is 19.7 Å². The molecule has 1 aliphatic rings. The molecule has 0 saturated carbocycles. The standard InChI is InChI=1S/C22H25ClFNO5S2/c1-22(2,32(29,30)18-6-4-5-16(23)13-18)15-9-11-25(12-10-15)21(26)19-14-17(24)7-8-20(19)31(3,27)28/h4-8,13-15H,9-12H2,1-3H3. The quantitative estimate of drug-likeness (QED) is 0.578. The first-order valence-corrected chi connectivity index (χ1v) is 13.8. The lowest BCUT2D eigenvalue weighted by Gasteiger charge is -2.40. The molecule has 174 valence electrons. The van der Waals surface area contributed by atoms with E-state index in [9.17, 15) is 26.0 Å². The van der Waals surface area contributed by atoms with Crippen LogP contribution in [0.3, 0.4) is 0 Å². The molecule has 0 aromatic heterocycles. The third-order valence-electron chi connectivity index (χ3n) is 6.14. The summed E-state index contributed by atoms with van der Waals surface area (Å²) in [6.07, 6.45) is 1.77. The Kier molecular flexibility index (Phi) is 6.75. The van der Waals surface area contributed by atoms with Crippen LogP contribution in [0.25, 0.3) is 0 Å². The molecule has 6 nitrogen and oxygen atoms in total. The molecule has 0 bridgehead atoms. The molecule has 3 rings (SSSR count). The fraction of sp³-hybridized carbons (Fsp3) is 0.409. The number of carbonyl (C=O) groups is 1. The number of hydrogen-bond acceptors (Lipinski definition) is 5. The van der Waals surface area contributed by atoms with Crippen molar-refractivity contribution in [1.82, 2.24) is 4.90 Å². The first-order valence-electron chi connectivity index (χ1n) is 10.0. The lowest BCUT2D eigenvalue weighted by Crippen LogP contribution is -2.47. The van der Waals surface area contributed by atoms with Crippen molar-refractivity contribution >= 4 is 37.2 Å². The molecule has 0 aliphatic carbocycles. The second-order valence-corrected chi connectivity index (χ2v) is 13.5. The van der Waals surface area contributed by atoms with Crippen molar-refractivity contribution in [2.24, 2.45) is 5.92 Å². The normalized spacial score (nSPS) is 16.2. The van der Waals surface area contributed by atoms with Crippen LogP contribution in [-0.4, -0.2) is 51.7 Å². The summed E-state index contributed by atoms with van der Waals surface area (Å²) in [5, 5.41) is 0.332. The molecule has 2 aromatic carbocycles. The van der Waals surface area contributed by atoms with Gasteiger partial charge in [-0.05, 0) is 69.0 Å². The lowest BCUT2D eigenvalue weighted by molar-refractivity contribution is 0.0670. The van der Waals surface area contributed by atoms with E-state index in [0.29, 0.717) is 17.9 Å². The van der Waals surface area contributed by atoms with Gasteiger partial charge in [-0.2, -0.15) is 0 Å². The number of halogens is 2. The number of amides is 1. The summed E-state index contributed by atoms with van der Waals surface area (Å²) in [6, 6.07) is 9.15. The number of piperidine rings is 1. The Morgan fingerprint density at radius 3 is 2.25 bits per heavy atom. The third kappa shape index (κ3) is 4.70. The van der Waals surface area contributed by atoms with Crippen molar-refractivity contribution in [1.29, 1.82) is 0 Å². The predicted octanol–water partition coefficient (Wildman–Crippen LogP) is 3.99. The molecular weight excluding hydrogens is 477 g/mol. The van der Waals surface area contributed by atoms with Crippen molar-refractivity contribution in [2.75, 3.05) is 19.3 Å². The smallest absolute Gasteiger partial charge is 0.255 e. The van der Waals surface area contributed by atoms with Gasteiger partial charge in [0.05, 0.1) is 20.1 Å². The van der Waals surface area contributed by atoms with Gasteiger partial charge in [0, 0.05) is 24.4 Å². The number of rotatable bonds is 5. The maximum Gasteiger partial charge on any atom is 0.255 e. The van der Waals surface area contributed by atoms with Crippen LogP contribution in [0.15, 0.2) is 52.3 Å². The maximum atomic E-state index is 13.8. The molecule has 1 aliphatic heterocycles. The molecule has 0 spiro atoms. The highest BCUT2D eigenvalue weighted by atomic mass is 35.5. The molecule has 0 radical (unpaired) electrons. The summed E-state index contributed by atoms with van der Waals surface area (Å²) in [6.45, 7) is 3.80. The van der Waals surface area contributed by atoms with Gasteiger partial charge in [-0.1, -0.05) is 17.7 Å². The molecule has 1 amide bonds. The topological polar surface area (TPSA) is 88.6 Å². The zero-order valence-corrected chi connectivity index (χ0v) is 20.4. The van der Waals surface area contributed by atoms with Crippen molar-refractivity contribution in [2.45, 2.75) is 41.2 Å². The number of nitrogens with zero attached hydrogens (tertiary/aromatic N) is 1. The summed E-state index contributed by atoms with van der Waals surface area (Å²) in [4.78, 5) is 14.4. The summed E-state index contributed by atoms with van der Waals surface area (Å²) < 4.78 is 63.3. The molecule has 32 heavy (non-hydrogen) atoms. The van der Waals surface area contributed by atoms with E-state index in [4.69, 9.17) is 11.6 Å². The third-order valence-corrected chi connectivity index (χ3v) is 10.1. The zero-order valence-electron chi connectivity index (χ0n) is 18.0. The highest BCUT2D eigenvalue weighted by Gasteiger charge is 2.44. The molecule has 2 aromatic rings. The Hall–Kier alpha value is -1.97. The van der Waals surface area contributed by atoms with Gasteiger partial charge >= 0.3 is 0 Å². The minimum absolute atomic E-state index is 0.145. The molecular formula is C22H25ClFNO5S2. The fourth-order valence-electron chi connectivity index (χ4n) is 4.10. The van der Waals surface area contributed by atoms with Crippen LogP contribution in [-0.2, 0) is 19.7 Å². The largest absolute Gasteiger partial charge is 0.339 e. The average Bonchev–Trinajstić information content (AvgIpc) is 2.72. The predicted molar refractivity (Wildman–Crippen MR) is 121 cm³/mol. The van der Waals surface area contributed by atoms with E-state index >= 15 is 0 Å². The highest BCUT2D eigenvalue weighted by molar-refractivity contribution is 7.92. The van der Waals surface area contributed by atoms with Crippen LogP contribution >= 0.6 is 11.6 Å². The van der Waals surface area contributed by atoms with Crippen molar-refractivity contribution in [3.8, 4) is 0 Å². The molecule has 1 saturated heterocycles. The second kappa shape index (κ2) is 8.76. The summed E-state index contributed by atoms with van der Waals surface area (Å²) in [5.74, 6) is -1.53. The summed E-state index contributed by atoms with van der Waals surface area (Å²) in [7, 11) is -7.42. The molecule has 10 heteroatoms. The van der Waals surface area contributed by atoms with Gasteiger partial charge < -0.3 is 4.90 Å². The van der Waals surface area contributed by atoms with E-state index in [2.05, 4.69) is 0 Å². The molecule has 1 heterocycles. The average molecular weight is 502 g/mol. The van der Waals surface area contributed by atoms with Crippen LogP contribution in [0.1, 0.15) is 37.0 Å². The van der Waals surface area contributed by atoms with Gasteiger partial charge in [0.25, 0.3) is 5.91 Å².